The third-order valence-corrected chi connectivity index (χ3v) is 5.35. The summed E-state index contributed by atoms with van der Waals surface area (Å²) >= 11 is 1.28. The number of hydrogen-bond acceptors (Lipinski definition) is 7. The molecule has 9 heteroatoms. The van der Waals surface area contributed by atoms with Crippen LogP contribution in [0.25, 0.3) is 10.7 Å². The fraction of sp³-hybridized carbons (Fsp3) is 0.182. The van der Waals surface area contributed by atoms with Crippen molar-refractivity contribution in [2.75, 3.05) is 6.61 Å². The van der Waals surface area contributed by atoms with Gasteiger partial charge < -0.3 is 14.8 Å². The average Bonchev–Trinajstić information content (AvgIpc) is 3.41. The van der Waals surface area contributed by atoms with Crippen LogP contribution < -0.4 is 14.8 Å². The van der Waals surface area contributed by atoms with E-state index in [1.807, 2.05) is 54.7 Å². The highest BCUT2D eigenvalue weighted by Gasteiger charge is 2.16. The maximum Gasteiger partial charge on any atom is 0.413 e. The fourth-order valence-corrected chi connectivity index (χ4v) is 3.64. The molecule has 0 saturated heterocycles. The van der Waals surface area contributed by atoms with Crippen molar-refractivity contribution in [1.82, 2.24) is 25.1 Å². The van der Waals surface area contributed by atoms with Crippen LogP contribution in [0.5, 0.6) is 10.8 Å². The molecule has 31 heavy (non-hydrogen) atoms. The monoisotopic (exact) mass is 435 g/mol. The zero-order valence-corrected chi connectivity index (χ0v) is 17.7. The van der Waals surface area contributed by atoms with Crippen LogP contribution in [0, 0.1) is 6.92 Å². The number of carbonyl (C=O) groups excluding carboxylic acids is 1. The minimum absolute atomic E-state index is 0.340. The number of ether oxygens (including phenoxy) is 2. The van der Waals surface area contributed by atoms with Gasteiger partial charge in [0.25, 0.3) is 0 Å². The largest absolute Gasteiger partial charge is 0.492 e. The minimum Gasteiger partial charge on any atom is -0.492 e. The third kappa shape index (κ3) is 5.67. The van der Waals surface area contributed by atoms with Gasteiger partial charge in [-0.05, 0) is 36.8 Å². The SMILES string of the molecule is Cc1nc(-c2ccn(CCOc3ccccc3)n2)sc1OC(=O)NCc1cccnc1. The van der Waals surface area contributed by atoms with Gasteiger partial charge in [0.2, 0.25) is 5.06 Å². The molecule has 0 fully saturated rings. The van der Waals surface area contributed by atoms with Crippen molar-refractivity contribution in [2.45, 2.75) is 20.0 Å². The van der Waals surface area contributed by atoms with Gasteiger partial charge in [-0.2, -0.15) is 5.10 Å². The second kappa shape index (κ2) is 9.86. The first-order valence-corrected chi connectivity index (χ1v) is 10.5. The summed E-state index contributed by atoms with van der Waals surface area (Å²) in [7, 11) is 0. The molecular weight excluding hydrogens is 414 g/mol. The number of nitrogens with zero attached hydrogens (tertiary/aromatic N) is 4. The standard InChI is InChI=1S/C22H21N5O3S/c1-16-21(30-22(28)24-15-17-6-5-10-23-14-17)31-20(25-16)19-9-11-27(26-19)12-13-29-18-7-3-2-4-8-18/h2-11,14H,12-13,15H2,1H3,(H,24,28). The molecule has 3 heterocycles. The van der Waals surface area contributed by atoms with E-state index in [1.165, 1.54) is 11.3 Å². The van der Waals surface area contributed by atoms with Gasteiger partial charge in [-0.25, -0.2) is 9.78 Å². The number of para-hydroxylation sites is 1. The molecule has 0 spiro atoms. The number of aromatic nitrogens is 4. The van der Waals surface area contributed by atoms with Crippen molar-refractivity contribution in [3.05, 3.63) is 78.4 Å². The molecule has 1 amide bonds. The van der Waals surface area contributed by atoms with Crippen molar-refractivity contribution in [3.63, 3.8) is 0 Å². The van der Waals surface area contributed by atoms with Gasteiger partial charge in [0, 0.05) is 25.1 Å². The van der Waals surface area contributed by atoms with E-state index < -0.39 is 6.09 Å². The van der Waals surface area contributed by atoms with Crippen LogP contribution in [0.1, 0.15) is 11.3 Å². The lowest BCUT2D eigenvalue weighted by molar-refractivity contribution is 0.201. The summed E-state index contributed by atoms with van der Waals surface area (Å²) in [5.41, 5.74) is 2.25. The lowest BCUT2D eigenvalue weighted by Crippen LogP contribution is -2.26. The maximum absolute atomic E-state index is 12.1. The van der Waals surface area contributed by atoms with E-state index in [1.54, 1.807) is 24.0 Å². The smallest absolute Gasteiger partial charge is 0.413 e. The molecule has 1 N–H and O–H groups in total. The second-order valence-corrected chi connectivity index (χ2v) is 7.58. The predicted octanol–water partition coefficient (Wildman–Crippen LogP) is 4.08. The lowest BCUT2D eigenvalue weighted by Gasteiger charge is -2.05. The van der Waals surface area contributed by atoms with Crippen LogP contribution in [0.2, 0.25) is 0 Å². The summed E-state index contributed by atoms with van der Waals surface area (Å²) in [6.45, 7) is 3.26. The quantitative estimate of drug-likeness (QED) is 0.448. The lowest BCUT2D eigenvalue weighted by atomic mass is 10.3. The number of pyridine rings is 1. The van der Waals surface area contributed by atoms with Crippen LogP contribution in [0.15, 0.2) is 67.1 Å². The Bertz CT molecular complexity index is 1130. The number of aryl methyl sites for hydroxylation is 1. The Morgan fingerprint density at radius 1 is 1.16 bits per heavy atom. The summed E-state index contributed by atoms with van der Waals surface area (Å²) in [6.07, 6.45) is 4.71. The predicted molar refractivity (Wildman–Crippen MR) is 117 cm³/mol. The Balaban J connectivity index is 1.31. The molecule has 4 aromatic rings. The van der Waals surface area contributed by atoms with Crippen LogP contribution >= 0.6 is 11.3 Å². The molecular formula is C22H21N5O3S. The molecule has 158 valence electrons. The minimum atomic E-state index is -0.536. The molecule has 0 aliphatic carbocycles. The number of carbonyl (C=O) groups is 1. The van der Waals surface area contributed by atoms with Gasteiger partial charge in [-0.3, -0.25) is 9.67 Å². The first-order valence-electron chi connectivity index (χ1n) is 9.71. The summed E-state index contributed by atoms with van der Waals surface area (Å²) in [6, 6.07) is 15.2. The van der Waals surface area contributed by atoms with Crippen molar-refractivity contribution < 1.29 is 14.3 Å². The highest BCUT2D eigenvalue weighted by molar-refractivity contribution is 7.17. The highest BCUT2D eigenvalue weighted by Crippen LogP contribution is 2.32. The number of nitrogens with one attached hydrogen (secondary N) is 1. The molecule has 0 aliphatic rings. The Kier molecular flexibility index (Phi) is 6.53. The van der Waals surface area contributed by atoms with E-state index in [-0.39, 0.29) is 0 Å². The Labute approximate surface area is 183 Å². The molecule has 0 bridgehead atoms. The number of thiazole rings is 1. The molecule has 0 aliphatic heterocycles. The molecule has 1 aromatic carbocycles. The van der Waals surface area contributed by atoms with Gasteiger partial charge >= 0.3 is 6.09 Å². The van der Waals surface area contributed by atoms with Gasteiger partial charge in [0.05, 0.1) is 12.2 Å². The van der Waals surface area contributed by atoms with E-state index in [2.05, 4.69) is 20.4 Å². The second-order valence-electron chi connectivity index (χ2n) is 6.62. The molecule has 3 aromatic heterocycles. The Morgan fingerprint density at radius 2 is 2.03 bits per heavy atom. The third-order valence-electron chi connectivity index (χ3n) is 4.29. The van der Waals surface area contributed by atoms with Gasteiger partial charge in [0.1, 0.15) is 23.1 Å². The number of benzene rings is 1. The van der Waals surface area contributed by atoms with Crippen LogP contribution in [0.4, 0.5) is 4.79 Å². The fourth-order valence-electron chi connectivity index (χ4n) is 2.76. The van der Waals surface area contributed by atoms with E-state index in [0.29, 0.717) is 35.5 Å². The van der Waals surface area contributed by atoms with Gasteiger partial charge in [-0.1, -0.05) is 35.6 Å². The Morgan fingerprint density at radius 3 is 2.84 bits per heavy atom. The van der Waals surface area contributed by atoms with Gasteiger partial charge in [-0.15, -0.1) is 0 Å². The zero-order valence-electron chi connectivity index (χ0n) is 16.9. The molecule has 0 saturated carbocycles. The number of hydrogen-bond donors (Lipinski definition) is 1. The van der Waals surface area contributed by atoms with E-state index in [0.717, 1.165) is 17.0 Å². The van der Waals surface area contributed by atoms with Crippen molar-refractivity contribution in [2.24, 2.45) is 0 Å². The average molecular weight is 436 g/mol. The summed E-state index contributed by atoms with van der Waals surface area (Å²) in [5.74, 6) is 0.828. The Hall–Kier alpha value is -3.72. The van der Waals surface area contributed by atoms with Crippen molar-refractivity contribution in [1.29, 1.82) is 0 Å². The number of amides is 1. The summed E-state index contributed by atoms with van der Waals surface area (Å²) < 4.78 is 12.9. The first kappa shape index (κ1) is 20.5. The molecule has 4 rings (SSSR count). The summed E-state index contributed by atoms with van der Waals surface area (Å²) in [5, 5.41) is 8.39. The first-order chi connectivity index (χ1) is 15.2. The van der Waals surface area contributed by atoms with E-state index in [9.17, 15) is 4.79 Å². The molecule has 0 unspecified atom stereocenters. The van der Waals surface area contributed by atoms with Gasteiger partial charge in [0.15, 0.2) is 0 Å². The maximum atomic E-state index is 12.1. The zero-order chi connectivity index (χ0) is 21.5. The van der Waals surface area contributed by atoms with E-state index in [4.69, 9.17) is 9.47 Å². The molecule has 8 nitrogen and oxygen atoms in total. The van der Waals surface area contributed by atoms with Crippen LogP contribution in [-0.2, 0) is 13.1 Å². The van der Waals surface area contributed by atoms with E-state index >= 15 is 0 Å². The highest BCUT2D eigenvalue weighted by atomic mass is 32.1. The summed E-state index contributed by atoms with van der Waals surface area (Å²) in [4.78, 5) is 20.6. The molecule has 0 radical (unpaired) electrons. The van der Waals surface area contributed by atoms with Crippen LogP contribution in [0.3, 0.4) is 0 Å². The van der Waals surface area contributed by atoms with Crippen molar-refractivity contribution >= 4 is 17.4 Å². The van der Waals surface area contributed by atoms with Crippen molar-refractivity contribution in [3.8, 4) is 21.5 Å². The van der Waals surface area contributed by atoms with Crippen LogP contribution in [-0.4, -0.2) is 32.4 Å². The topological polar surface area (TPSA) is 91.2 Å². The number of rotatable bonds is 8. The molecule has 0 atom stereocenters. The normalized spacial score (nSPS) is 10.6.